The van der Waals surface area contributed by atoms with Gasteiger partial charge in [-0.15, -0.1) is 6.42 Å². The number of carbonyl (C=O) groups is 2. The predicted molar refractivity (Wildman–Crippen MR) is 86.3 cm³/mol. The average molecular weight is 310 g/mol. The highest BCUT2D eigenvalue weighted by Gasteiger charge is 2.62. The highest BCUT2D eigenvalue weighted by Crippen LogP contribution is 2.62. The van der Waals surface area contributed by atoms with Gasteiger partial charge in [0.25, 0.3) is 0 Å². The molecule has 0 aromatic heterocycles. The second kappa shape index (κ2) is 4.68. The second-order valence-electron chi connectivity index (χ2n) is 7.84. The van der Waals surface area contributed by atoms with Gasteiger partial charge in [0.05, 0.1) is 0 Å². The lowest BCUT2D eigenvalue weighted by Gasteiger charge is -2.49. The molecule has 0 saturated heterocycles. The fourth-order valence-electron chi connectivity index (χ4n) is 5.61. The molecule has 4 atom stereocenters. The van der Waals surface area contributed by atoms with Crippen molar-refractivity contribution in [3.05, 3.63) is 22.8 Å². The lowest BCUT2D eigenvalue weighted by atomic mass is 9.54. The maximum absolute atomic E-state index is 13.0. The molecule has 0 spiro atoms. The summed E-state index contributed by atoms with van der Waals surface area (Å²) in [4.78, 5) is 24.6. The minimum atomic E-state index is -1.16. The van der Waals surface area contributed by atoms with Crippen LogP contribution in [0.4, 0.5) is 0 Å². The molecule has 0 aromatic carbocycles. The van der Waals surface area contributed by atoms with Crippen molar-refractivity contribution in [2.75, 3.05) is 0 Å². The van der Waals surface area contributed by atoms with Crippen molar-refractivity contribution in [2.24, 2.45) is 17.3 Å². The minimum Gasteiger partial charge on any atom is -0.377 e. The van der Waals surface area contributed by atoms with Gasteiger partial charge in [0, 0.05) is 23.8 Å². The molecule has 3 nitrogen and oxygen atoms in total. The van der Waals surface area contributed by atoms with Crippen LogP contribution in [0.2, 0.25) is 0 Å². The number of terminal acetylenes is 1. The fourth-order valence-corrected chi connectivity index (χ4v) is 5.61. The topological polar surface area (TPSA) is 54.4 Å². The van der Waals surface area contributed by atoms with E-state index in [1.807, 2.05) is 6.92 Å². The van der Waals surface area contributed by atoms with E-state index in [4.69, 9.17) is 6.42 Å². The summed E-state index contributed by atoms with van der Waals surface area (Å²) in [5, 5.41) is 10.9. The van der Waals surface area contributed by atoms with Crippen molar-refractivity contribution in [2.45, 2.75) is 57.5 Å². The van der Waals surface area contributed by atoms with Crippen LogP contribution in [0.3, 0.4) is 0 Å². The molecule has 2 saturated carbocycles. The van der Waals surface area contributed by atoms with Gasteiger partial charge in [-0.2, -0.15) is 0 Å². The van der Waals surface area contributed by atoms with Gasteiger partial charge < -0.3 is 5.11 Å². The van der Waals surface area contributed by atoms with Crippen LogP contribution in [0.1, 0.15) is 51.9 Å². The molecule has 0 aliphatic heterocycles. The molecule has 3 heteroatoms. The summed E-state index contributed by atoms with van der Waals surface area (Å²) < 4.78 is 0. The number of hydrogen-bond acceptors (Lipinski definition) is 3. The zero-order valence-electron chi connectivity index (χ0n) is 13.5. The van der Waals surface area contributed by atoms with Crippen LogP contribution in [-0.4, -0.2) is 22.3 Å². The lowest BCUT2D eigenvalue weighted by molar-refractivity contribution is -0.128. The molecule has 4 aliphatic carbocycles. The molecule has 4 aliphatic rings. The Labute approximate surface area is 136 Å². The van der Waals surface area contributed by atoms with Gasteiger partial charge in [0.1, 0.15) is 5.60 Å². The third-order valence-corrected chi connectivity index (χ3v) is 6.90. The van der Waals surface area contributed by atoms with E-state index in [1.54, 1.807) is 6.08 Å². The first-order valence-electron chi connectivity index (χ1n) is 8.60. The molecule has 0 bridgehead atoms. The first kappa shape index (κ1) is 14.9. The highest BCUT2D eigenvalue weighted by molar-refractivity contribution is 6.01. The first-order valence-corrected chi connectivity index (χ1v) is 8.60. The van der Waals surface area contributed by atoms with Crippen LogP contribution in [0.5, 0.6) is 0 Å². The Morgan fingerprint density at radius 1 is 1.26 bits per heavy atom. The Hall–Kier alpha value is -1.66. The number of fused-ring (bicyclic) bond motifs is 4. The SMILES string of the molecule is C#CC1(O)CC[C@H]2[C@@H]3CCC4=CC(=O)CCC4=C3C(=O)C[C@@]21C. The summed E-state index contributed by atoms with van der Waals surface area (Å²) in [6.45, 7) is 2.00. The van der Waals surface area contributed by atoms with E-state index in [-0.39, 0.29) is 23.4 Å². The molecule has 1 unspecified atom stereocenters. The molecule has 1 N–H and O–H groups in total. The van der Waals surface area contributed by atoms with Crippen LogP contribution in [0.15, 0.2) is 22.8 Å². The fraction of sp³-hybridized carbons (Fsp3) is 0.600. The van der Waals surface area contributed by atoms with E-state index >= 15 is 0 Å². The Balaban J connectivity index is 1.82. The Morgan fingerprint density at radius 2 is 2.04 bits per heavy atom. The summed E-state index contributed by atoms with van der Waals surface area (Å²) in [5.41, 5.74) is 1.49. The maximum Gasteiger partial charge on any atom is 0.160 e. The number of hydrogen-bond donors (Lipinski definition) is 1. The second-order valence-corrected chi connectivity index (χ2v) is 7.84. The zero-order chi connectivity index (χ0) is 16.4. The monoisotopic (exact) mass is 310 g/mol. The smallest absolute Gasteiger partial charge is 0.160 e. The van der Waals surface area contributed by atoms with Gasteiger partial charge in [0.15, 0.2) is 11.6 Å². The molecule has 0 aromatic rings. The molecule has 0 radical (unpaired) electrons. The van der Waals surface area contributed by atoms with E-state index in [1.165, 1.54) is 0 Å². The van der Waals surface area contributed by atoms with Crippen molar-refractivity contribution >= 4 is 11.6 Å². The average Bonchev–Trinajstić information content (AvgIpc) is 2.78. The van der Waals surface area contributed by atoms with Gasteiger partial charge in [-0.3, -0.25) is 9.59 Å². The quantitative estimate of drug-likeness (QED) is 0.700. The molecular weight excluding hydrogens is 288 g/mol. The Morgan fingerprint density at radius 3 is 2.78 bits per heavy atom. The molecule has 4 rings (SSSR count). The molecule has 120 valence electrons. The van der Waals surface area contributed by atoms with Crippen molar-refractivity contribution in [1.82, 2.24) is 0 Å². The van der Waals surface area contributed by atoms with Crippen molar-refractivity contribution in [1.29, 1.82) is 0 Å². The van der Waals surface area contributed by atoms with E-state index in [2.05, 4.69) is 5.92 Å². The van der Waals surface area contributed by atoms with Crippen molar-refractivity contribution < 1.29 is 14.7 Å². The van der Waals surface area contributed by atoms with Crippen LogP contribution < -0.4 is 0 Å². The summed E-state index contributed by atoms with van der Waals surface area (Å²) in [7, 11) is 0. The van der Waals surface area contributed by atoms with E-state index < -0.39 is 11.0 Å². The molecule has 23 heavy (non-hydrogen) atoms. The number of aliphatic hydroxyl groups is 1. The summed E-state index contributed by atoms with van der Waals surface area (Å²) in [6.07, 6.45) is 12.1. The zero-order valence-corrected chi connectivity index (χ0v) is 13.5. The number of allylic oxidation sites excluding steroid dienone is 4. The summed E-state index contributed by atoms with van der Waals surface area (Å²) in [6, 6.07) is 0. The minimum absolute atomic E-state index is 0.138. The molecule has 2 fully saturated rings. The summed E-state index contributed by atoms with van der Waals surface area (Å²) >= 11 is 0. The van der Waals surface area contributed by atoms with Crippen molar-refractivity contribution in [3.8, 4) is 12.3 Å². The van der Waals surface area contributed by atoms with Gasteiger partial charge in [-0.1, -0.05) is 12.8 Å². The standard InChI is InChI=1S/C20H22O3/c1-3-20(23)9-8-16-15-6-4-12-10-13(21)5-7-14(12)18(15)17(22)11-19(16,20)2/h1,10,15-16,23H,4-9,11H2,2H3/t15-,16-,19-,20?/m0/s1. The highest BCUT2D eigenvalue weighted by atomic mass is 16.3. The Bertz CT molecular complexity index is 720. The number of Topliss-reactive ketones (excluding diaryl/α,β-unsaturated/α-hetero) is 1. The van der Waals surface area contributed by atoms with Crippen molar-refractivity contribution in [3.63, 3.8) is 0 Å². The Kier molecular flexibility index (Phi) is 3.03. The van der Waals surface area contributed by atoms with Gasteiger partial charge >= 0.3 is 0 Å². The van der Waals surface area contributed by atoms with Gasteiger partial charge in [-0.25, -0.2) is 0 Å². The predicted octanol–water partition coefficient (Wildman–Crippen LogP) is 2.74. The van der Waals surface area contributed by atoms with Gasteiger partial charge in [-0.05, 0) is 61.2 Å². The molecule has 0 amide bonds. The normalized spacial score (nSPS) is 42.6. The van der Waals surface area contributed by atoms with Crippen LogP contribution in [-0.2, 0) is 9.59 Å². The third kappa shape index (κ3) is 1.82. The maximum atomic E-state index is 13.0. The largest absolute Gasteiger partial charge is 0.377 e. The van der Waals surface area contributed by atoms with Gasteiger partial charge in [0.2, 0.25) is 0 Å². The molecular formula is C20H22O3. The number of carbonyl (C=O) groups excluding carboxylic acids is 2. The third-order valence-electron chi connectivity index (χ3n) is 6.90. The first-order chi connectivity index (χ1) is 10.9. The van der Waals surface area contributed by atoms with Crippen LogP contribution >= 0.6 is 0 Å². The lowest BCUT2D eigenvalue weighted by Crippen LogP contribution is -2.51. The summed E-state index contributed by atoms with van der Waals surface area (Å²) in [5.74, 6) is 3.37. The van der Waals surface area contributed by atoms with E-state index in [0.29, 0.717) is 25.7 Å². The van der Waals surface area contributed by atoms with E-state index in [0.717, 1.165) is 36.0 Å². The molecule has 0 heterocycles. The van der Waals surface area contributed by atoms with Crippen LogP contribution in [0, 0.1) is 29.6 Å². The number of ketones is 2. The van der Waals surface area contributed by atoms with Crippen LogP contribution in [0.25, 0.3) is 0 Å². The van der Waals surface area contributed by atoms with E-state index in [9.17, 15) is 14.7 Å². The number of rotatable bonds is 0.